The fraction of sp³-hybridized carbons (Fsp3) is 0. The quantitative estimate of drug-likeness (QED) is 0.366. The van der Waals surface area contributed by atoms with Crippen LogP contribution in [0.4, 0.5) is 5.69 Å². The number of non-ortho nitro benzene ring substituents is 1. The average Bonchev–Trinajstić information content (AvgIpc) is 2.43. The molecule has 6 nitrogen and oxygen atoms in total. The summed E-state index contributed by atoms with van der Waals surface area (Å²) in [6, 6.07) is 3.69. The van der Waals surface area contributed by atoms with Gasteiger partial charge in [-0.05, 0) is 27.1 Å². The summed E-state index contributed by atoms with van der Waals surface area (Å²) < 4.78 is 0.793. The van der Waals surface area contributed by atoms with Gasteiger partial charge in [0.1, 0.15) is 0 Å². The topological polar surface area (TPSA) is 80.5 Å². The molecule has 1 atom stereocenters. The minimum atomic E-state index is -0.611. The zero-order valence-corrected chi connectivity index (χ0v) is 11.1. The zero-order valence-electron chi connectivity index (χ0n) is 9.91. The van der Waals surface area contributed by atoms with Gasteiger partial charge in [-0.15, -0.1) is 0 Å². The maximum Gasteiger partial charge on any atom is 0.270 e. The first-order valence-electron chi connectivity index (χ1n) is 5.08. The normalized spacial score (nSPS) is 9.53. The van der Waals surface area contributed by atoms with E-state index in [0.717, 1.165) is 10.7 Å². The molecule has 0 saturated carbocycles. The number of benzene rings is 1. The maximum absolute atomic E-state index is 12.0. The molecule has 0 radical (unpaired) electrons. The van der Waals surface area contributed by atoms with E-state index in [4.69, 9.17) is 0 Å². The third kappa shape index (κ3) is 3.11. The van der Waals surface area contributed by atoms with Crippen molar-refractivity contribution >= 4 is 33.0 Å². The van der Waals surface area contributed by atoms with Crippen LogP contribution < -0.4 is 0 Å². The van der Waals surface area contributed by atoms with Crippen LogP contribution in [0.5, 0.6) is 0 Å². The summed E-state index contributed by atoms with van der Waals surface area (Å²) in [6.07, 6.45) is 2.31. The third-order valence-corrected chi connectivity index (χ3v) is 2.82. The van der Waals surface area contributed by atoms with Crippen LogP contribution in [0.25, 0.3) is 6.08 Å². The Bertz CT molecular complexity index is 583. The monoisotopic (exact) mass is 278 g/mol. The molecule has 0 saturated heterocycles. The van der Waals surface area contributed by atoms with Gasteiger partial charge in [-0.1, -0.05) is 19.2 Å². The molecule has 1 rings (SSSR count). The number of nitro benzene ring substituents is 1. The lowest BCUT2D eigenvalue weighted by Gasteiger charge is -2.14. The predicted octanol–water partition coefficient (Wildman–Crippen LogP) is 2.18. The maximum atomic E-state index is 12.0. The van der Waals surface area contributed by atoms with E-state index in [0.29, 0.717) is 0 Å². The Morgan fingerprint density at radius 3 is 2.47 bits per heavy atom. The summed E-state index contributed by atoms with van der Waals surface area (Å²) in [5.41, 5.74) is 0.270. The molecule has 0 heterocycles. The molecule has 0 N–H and O–H groups in total. The van der Waals surface area contributed by atoms with Gasteiger partial charge in [0.15, 0.2) is 0 Å². The first-order valence-corrected chi connectivity index (χ1v) is 5.60. The molecule has 0 spiro atoms. The summed E-state index contributed by atoms with van der Waals surface area (Å²) in [4.78, 5) is 33.4. The Morgan fingerprint density at radius 2 is 2.00 bits per heavy atom. The molecular formula is C12H11N2O4P. The van der Waals surface area contributed by atoms with Gasteiger partial charge in [0.2, 0.25) is 0 Å². The molecule has 0 aromatic heterocycles. The van der Waals surface area contributed by atoms with E-state index in [2.05, 4.69) is 13.2 Å². The van der Waals surface area contributed by atoms with E-state index in [9.17, 15) is 19.7 Å². The fourth-order valence-electron chi connectivity index (χ4n) is 1.36. The predicted molar refractivity (Wildman–Crippen MR) is 74.3 cm³/mol. The van der Waals surface area contributed by atoms with Crippen LogP contribution in [0.3, 0.4) is 0 Å². The van der Waals surface area contributed by atoms with Crippen LogP contribution in [0.1, 0.15) is 15.9 Å². The van der Waals surface area contributed by atoms with Crippen molar-refractivity contribution in [3.05, 3.63) is 58.7 Å². The summed E-state index contributed by atoms with van der Waals surface area (Å²) in [5, 5.41) is 10.6. The third-order valence-electron chi connectivity index (χ3n) is 2.33. The SMILES string of the molecule is C=CC(=O)N(P)C(=O)c1ccc([N+](=O)[O-])cc1C=C. The van der Waals surface area contributed by atoms with Crippen LogP contribution in [0.15, 0.2) is 37.4 Å². The van der Waals surface area contributed by atoms with E-state index in [1.54, 1.807) is 0 Å². The number of amides is 2. The van der Waals surface area contributed by atoms with E-state index in [-0.39, 0.29) is 16.8 Å². The lowest BCUT2D eigenvalue weighted by atomic mass is 10.1. The molecular weight excluding hydrogens is 267 g/mol. The first kappa shape index (κ1) is 14.7. The smallest absolute Gasteiger partial charge is 0.269 e. The largest absolute Gasteiger partial charge is 0.270 e. The Morgan fingerprint density at radius 1 is 1.37 bits per heavy atom. The highest BCUT2D eigenvalue weighted by molar-refractivity contribution is 7.16. The molecule has 98 valence electrons. The average molecular weight is 278 g/mol. The highest BCUT2D eigenvalue weighted by Crippen LogP contribution is 2.21. The van der Waals surface area contributed by atoms with E-state index < -0.39 is 16.7 Å². The van der Waals surface area contributed by atoms with Gasteiger partial charge in [-0.3, -0.25) is 24.4 Å². The van der Waals surface area contributed by atoms with Crippen molar-refractivity contribution in [2.75, 3.05) is 0 Å². The number of imide groups is 1. The second-order valence-electron chi connectivity index (χ2n) is 3.45. The number of hydrogen-bond acceptors (Lipinski definition) is 4. The minimum absolute atomic E-state index is 0.144. The van der Waals surface area contributed by atoms with Crippen molar-refractivity contribution in [3.63, 3.8) is 0 Å². The number of rotatable bonds is 4. The van der Waals surface area contributed by atoms with Gasteiger partial charge < -0.3 is 0 Å². The van der Waals surface area contributed by atoms with Crippen LogP contribution >= 0.6 is 9.39 Å². The van der Waals surface area contributed by atoms with Gasteiger partial charge >= 0.3 is 0 Å². The number of carbonyl (C=O) groups is 2. The van der Waals surface area contributed by atoms with E-state index >= 15 is 0 Å². The standard InChI is InChI=1S/C12H11N2O4P/c1-3-8-7-9(14(17)18)5-6-10(8)12(16)13(19)11(15)4-2/h3-7H,1-2,19H2. The molecule has 0 aliphatic rings. The van der Waals surface area contributed by atoms with Gasteiger partial charge in [-0.25, -0.2) is 0 Å². The second-order valence-corrected chi connectivity index (χ2v) is 3.97. The van der Waals surface area contributed by atoms with Crippen molar-refractivity contribution < 1.29 is 14.5 Å². The first-order chi connectivity index (χ1) is 8.92. The Labute approximate surface area is 111 Å². The minimum Gasteiger partial charge on any atom is -0.269 e. The fourth-order valence-corrected chi connectivity index (χ4v) is 1.60. The summed E-state index contributed by atoms with van der Waals surface area (Å²) in [7, 11) is 1.98. The Balaban J connectivity index is 3.24. The Hall–Kier alpha value is -2.33. The van der Waals surface area contributed by atoms with Crippen molar-refractivity contribution in [1.29, 1.82) is 0 Å². The summed E-state index contributed by atoms with van der Waals surface area (Å²) >= 11 is 0. The summed E-state index contributed by atoms with van der Waals surface area (Å²) in [6.45, 7) is 6.76. The molecule has 0 aliphatic carbocycles. The van der Waals surface area contributed by atoms with Gasteiger partial charge in [0.05, 0.1) is 4.92 Å². The van der Waals surface area contributed by atoms with Crippen molar-refractivity contribution in [3.8, 4) is 0 Å². The molecule has 1 unspecified atom stereocenters. The molecule has 2 amide bonds. The van der Waals surface area contributed by atoms with Crippen molar-refractivity contribution in [2.24, 2.45) is 0 Å². The van der Waals surface area contributed by atoms with Crippen LogP contribution in [-0.4, -0.2) is 21.4 Å². The second kappa shape index (κ2) is 6.02. The van der Waals surface area contributed by atoms with Crippen LogP contribution in [0.2, 0.25) is 0 Å². The van der Waals surface area contributed by atoms with Crippen LogP contribution in [0, 0.1) is 10.1 Å². The molecule has 7 heteroatoms. The molecule has 1 aromatic carbocycles. The number of carbonyl (C=O) groups excluding carboxylic acids is 2. The van der Waals surface area contributed by atoms with Gasteiger partial charge in [-0.2, -0.15) is 0 Å². The highest BCUT2D eigenvalue weighted by atomic mass is 31.0. The molecule has 0 fully saturated rings. The number of hydrogen-bond donors (Lipinski definition) is 0. The van der Waals surface area contributed by atoms with Gasteiger partial charge in [0.25, 0.3) is 17.5 Å². The summed E-state index contributed by atoms with van der Waals surface area (Å²) in [5.74, 6) is -1.21. The number of nitrogens with zero attached hydrogens (tertiary/aromatic N) is 2. The molecule has 19 heavy (non-hydrogen) atoms. The lowest BCUT2D eigenvalue weighted by Crippen LogP contribution is -2.26. The molecule has 0 bridgehead atoms. The lowest BCUT2D eigenvalue weighted by molar-refractivity contribution is -0.384. The van der Waals surface area contributed by atoms with E-state index in [1.165, 1.54) is 24.3 Å². The molecule has 1 aromatic rings. The Kier molecular flexibility index (Phi) is 4.67. The van der Waals surface area contributed by atoms with E-state index in [1.807, 2.05) is 9.39 Å². The van der Waals surface area contributed by atoms with Gasteiger partial charge in [0, 0.05) is 17.7 Å². The van der Waals surface area contributed by atoms with Crippen molar-refractivity contribution in [1.82, 2.24) is 4.67 Å². The van der Waals surface area contributed by atoms with Crippen LogP contribution in [-0.2, 0) is 4.79 Å². The molecule has 0 aliphatic heterocycles. The number of nitro groups is 1. The highest BCUT2D eigenvalue weighted by Gasteiger charge is 2.20. The zero-order chi connectivity index (χ0) is 14.6. The van der Waals surface area contributed by atoms with Crippen molar-refractivity contribution in [2.45, 2.75) is 0 Å².